The number of aryl methyl sites for hydroxylation is 1. The maximum absolute atomic E-state index is 11.3. The number of amides is 1. The van der Waals surface area contributed by atoms with E-state index in [0.717, 1.165) is 36.2 Å². The van der Waals surface area contributed by atoms with Crippen LogP contribution in [0.15, 0.2) is 47.6 Å². The van der Waals surface area contributed by atoms with E-state index in [1.165, 1.54) is 18.7 Å². The molecule has 3 N–H and O–H groups in total. The molecule has 1 atom stereocenters. The monoisotopic (exact) mass is 446 g/mol. The van der Waals surface area contributed by atoms with Crippen LogP contribution in [0.25, 0.3) is 11.3 Å². The molecular formula is C24H26N6OS. The minimum atomic E-state index is -0.150. The van der Waals surface area contributed by atoms with Crippen molar-refractivity contribution in [2.75, 3.05) is 11.1 Å². The number of thioether (sulfide) groups is 1. The van der Waals surface area contributed by atoms with Gasteiger partial charge in [0.1, 0.15) is 17.5 Å². The minimum Gasteiger partial charge on any atom is -0.382 e. The van der Waals surface area contributed by atoms with Gasteiger partial charge in [0, 0.05) is 23.9 Å². The molecule has 164 valence electrons. The van der Waals surface area contributed by atoms with E-state index in [-0.39, 0.29) is 22.5 Å². The predicted octanol–water partition coefficient (Wildman–Crippen LogP) is 5.28. The Kier molecular flexibility index (Phi) is 7.79. The van der Waals surface area contributed by atoms with E-state index >= 15 is 0 Å². The molecule has 0 fully saturated rings. The lowest BCUT2D eigenvalue weighted by Crippen LogP contribution is -2.06. The molecule has 0 saturated heterocycles. The number of nitrogens with one attached hydrogen (secondary N) is 1. The number of anilines is 2. The highest BCUT2D eigenvalue weighted by Gasteiger charge is 2.20. The topological polar surface area (TPSA) is 118 Å². The minimum absolute atomic E-state index is 0.0807. The number of carbonyl (C=O) groups excluding carboxylic acids is 1. The second kappa shape index (κ2) is 10.7. The summed E-state index contributed by atoms with van der Waals surface area (Å²) in [7, 11) is 0. The summed E-state index contributed by atoms with van der Waals surface area (Å²) in [5, 5.41) is 13.0. The standard InChI is InChI=1S/C24H26N6OS/c1-4-5-9-21(20-8-6-7-15(2)27-20)32-24-29-22(19(14-25)23(26)30-24)17-10-12-18(13-11-17)28-16(3)31/h6-8,10-13,21H,4-5,9H2,1-3H3,(H,28,31)(H2,26,29,30). The third kappa shape index (κ3) is 5.83. The van der Waals surface area contributed by atoms with Gasteiger partial charge >= 0.3 is 0 Å². The van der Waals surface area contributed by atoms with Crippen LogP contribution < -0.4 is 11.1 Å². The molecule has 1 amide bonds. The largest absolute Gasteiger partial charge is 0.382 e. The van der Waals surface area contributed by atoms with Crippen molar-refractivity contribution in [3.05, 3.63) is 59.4 Å². The molecule has 3 aromatic rings. The first-order valence-corrected chi connectivity index (χ1v) is 11.3. The van der Waals surface area contributed by atoms with E-state index in [2.05, 4.69) is 23.3 Å². The Labute approximate surface area is 192 Å². The Morgan fingerprint density at radius 3 is 2.56 bits per heavy atom. The van der Waals surface area contributed by atoms with Crippen molar-refractivity contribution < 1.29 is 4.79 Å². The number of aromatic nitrogens is 3. The molecule has 7 nitrogen and oxygen atoms in total. The highest BCUT2D eigenvalue weighted by molar-refractivity contribution is 7.99. The summed E-state index contributed by atoms with van der Waals surface area (Å²) < 4.78 is 0. The molecule has 0 spiro atoms. The van der Waals surface area contributed by atoms with Crippen LogP contribution in [0.1, 0.15) is 55.3 Å². The Morgan fingerprint density at radius 2 is 1.94 bits per heavy atom. The number of benzene rings is 1. The first-order valence-electron chi connectivity index (χ1n) is 10.5. The van der Waals surface area contributed by atoms with Crippen LogP contribution in [0.3, 0.4) is 0 Å². The summed E-state index contributed by atoms with van der Waals surface area (Å²) in [6.45, 7) is 5.59. The Hall–Kier alpha value is -3.44. The lowest BCUT2D eigenvalue weighted by Gasteiger charge is -2.16. The lowest BCUT2D eigenvalue weighted by atomic mass is 10.1. The van der Waals surface area contributed by atoms with Crippen molar-refractivity contribution in [3.63, 3.8) is 0 Å². The molecule has 0 aliphatic heterocycles. The van der Waals surface area contributed by atoms with Crippen LogP contribution in [-0.4, -0.2) is 20.9 Å². The third-order valence-electron chi connectivity index (χ3n) is 4.81. The first kappa shape index (κ1) is 23.2. The van der Waals surface area contributed by atoms with E-state index in [1.54, 1.807) is 24.3 Å². The van der Waals surface area contributed by atoms with Crippen molar-refractivity contribution in [1.82, 2.24) is 15.0 Å². The molecule has 0 aliphatic carbocycles. The van der Waals surface area contributed by atoms with Crippen LogP contribution >= 0.6 is 11.8 Å². The molecule has 0 aliphatic rings. The van der Waals surface area contributed by atoms with Crippen molar-refractivity contribution in [1.29, 1.82) is 5.26 Å². The number of hydrogen-bond donors (Lipinski definition) is 2. The molecule has 3 rings (SSSR count). The zero-order valence-electron chi connectivity index (χ0n) is 18.4. The van der Waals surface area contributed by atoms with Gasteiger partial charge in [-0.3, -0.25) is 9.78 Å². The average Bonchev–Trinajstić information content (AvgIpc) is 2.76. The summed E-state index contributed by atoms with van der Waals surface area (Å²) in [4.78, 5) is 25.1. The van der Waals surface area contributed by atoms with Crippen molar-refractivity contribution in [3.8, 4) is 17.3 Å². The molecule has 1 unspecified atom stereocenters. The zero-order valence-corrected chi connectivity index (χ0v) is 19.2. The number of unbranched alkanes of at least 4 members (excludes halogenated alkanes) is 1. The van der Waals surface area contributed by atoms with Gasteiger partial charge in [0.2, 0.25) is 5.91 Å². The maximum Gasteiger partial charge on any atom is 0.221 e. The van der Waals surface area contributed by atoms with Gasteiger partial charge in [-0.05, 0) is 37.6 Å². The number of rotatable bonds is 8. The second-order valence-electron chi connectivity index (χ2n) is 7.44. The van der Waals surface area contributed by atoms with Gasteiger partial charge in [-0.2, -0.15) is 5.26 Å². The number of pyridine rings is 1. The third-order valence-corrected chi connectivity index (χ3v) is 5.97. The Bertz CT molecular complexity index is 1140. The smallest absolute Gasteiger partial charge is 0.221 e. The summed E-state index contributed by atoms with van der Waals surface area (Å²) in [6.07, 6.45) is 3.06. The first-order chi connectivity index (χ1) is 15.4. The van der Waals surface area contributed by atoms with Gasteiger partial charge in [0.15, 0.2) is 5.16 Å². The van der Waals surface area contributed by atoms with Crippen molar-refractivity contribution in [2.24, 2.45) is 0 Å². The number of hydrogen-bond acceptors (Lipinski definition) is 7. The Morgan fingerprint density at radius 1 is 1.19 bits per heavy atom. The van der Waals surface area contributed by atoms with Gasteiger partial charge in [0.25, 0.3) is 0 Å². The highest BCUT2D eigenvalue weighted by Crippen LogP contribution is 2.38. The number of nitrogen functional groups attached to an aromatic ring is 1. The normalized spacial score (nSPS) is 11.6. The molecule has 2 aromatic heterocycles. The summed E-state index contributed by atoms with van der Waals surface area (Å²) >= 11 is 1.51. The molecule has 0 bridgehead atoms. The number of nitrogens with zero attached hydrogens (tertiary/aromatic N) is 4. The molecule has 1 aromatic carbocycles. The summed E-state index contributed by atoms with van der Waals surface area (Å²) in [5.41, 5.74) is 10.2. The summed E-state index contributed by atoms with van der Waals surface area (Å²) in [6, 6.07) is 15.3. The summed E-state index contributed by atoms with van der Waals surface area (Å²) in [5.74, 6) is 0.000639. The zero-order chi connectivity index (χ0) is 23.1. The van der Waals surface area contributed by atoms with Crippen molar-refractivity contribution >= 4 is 29.2 Å². The van der Waals surface area contributed by atoms with Crippen LogP contribution in [-0.2, 0) is 4.79 Å². The molecule has 32 heavy (non-hydrogen) atoms. The lowest BCUT2D eigenvalue weighted by molar-refractivity contribution is -0.114. The molecule has 8 heteroatoms. The van der Waals surface area contributed by atoms with E-state index < -0.39 is 0 Å². The van der Waals surface area contributed by atoms with E-state index in [4.69, 9.17) is 15.7 Å². The van der Waals surface area contributed by atoms with Crippen LogP contribution in [0.4, 0.5) is 11.5 Å². The SMILES string of the molecule is CCCCC(Sc1nc(N)c(C#N)c(-c2ccc(NC(C)=O)cc2)n1)c1cccc(C)n1. The van der Waals surface area contributed by atoms with E-state index in [1.807, 2.05) is 25.1 Å². The van der Waals surface area contributed by atoms with Crippen LogP contribution in [0, 0.1) is 18.3 Å². The highest BCUT2D eigenvalue weighted by atomic mass is 32.2. The Balaban J connectivity index is 1.97. The number of nitriles is 1. The van der Waals surface area contributed by atoms with E-state index in [0.29, 0.717) is 16.5 Å². The quantitative estimate of drug-likeness (QED) is 0.357. The molecule has 2 heterocycles. The number of nitrogens with two attached hydrogens (primary N) is 1. The van der Waals surface area contributed by atoms with Gasteiger partial charge < -0.3 is 11.1 Å². The number of carbonyl (C=O) groups is 1. The maximum atomic E-state index is 11.3. The van der Waals surface area contributed by atoms with Gasteiger partial charge in [-0.25, -0.2) is 9.97 Å². The average molecular weight is 447 g/mol. The van der Waals surface area contributed by atoms with Gasteiger partial charge in [-0.1, -0.05) is 49.7 Å². The van der Waals surface area contributed by atoms with Crippen LogP contribution in [0.2, 0.25) is 0 Å². The van der Waals surface area contributed by atoms with Gasteiger partial charge in [-0.15, -0.1) is 0 Å². The fraction of sp³-hybridized carbons (Fsp3) is 0.292. The predicted molar refractivity (Wildman–Crippen MR) is 128 cm³/mol. The fourth-order valence-corrected chi connectivity index (χ4v) is 4.36. The fourth-order valence-electron chi connectivity index (χ4n) is 3.27. The molecular weight excluding hydrogens is 420 g/mol. The van der Waals surface area contributed by atoms with Crippen molar-refractivity contribution in [2.45, 2.75) is 50.4 Å². The second-order valence-corrected chi connectivity index (χ2v) is 8.61. The molecule has 0 radical (unpaired) electrons. The van der Waals surface area contributed by atoms with Gasteiger partial charge in [0.05, 0.1) is 16.6 Å². The molecule has 0 saturated carbocycles. The van der Waals surface area contributed by atoms with E-state index in [9.17, 15) is 10.1 Å². The van der Waals surface area contributed by atoms with Crippen LogP contribution in [0.5, 0.6) is 0 Å².